The van der Waals surface area contributed by atoms with Crippen molar-refractivity contribution in [2.45, 2.75) is 44.2 Å². The fourth-order valence-electron chi connectivity index (χ4n) is 3.62. The van der Waals surface area contributed by atoms with Crippen molar-refractivity contribution in [2.75, 3.05) is 44.8 Å². The third kappa shape index (κ3) is 7.22. The minimum Gasteiger partial charge on any atom is -0.378 e. The summed E-state index contributed by atoms with van der Waals surface area (Å²) in [5.41, 5.74) is 0.816. The number of para-hydroxylation sites is 1. The van der Waals surface area contributed by atoms with Crippen LogP contribution in [0.25, 0.3) is 0 Å². The number of rotatable bonds is 9. The number of ether oxygens (including phenoxy) is 2. The lowest BCUT2D eigenvalue weighted by molar-refractivity contribution is -0.124. The van der Waals surface area contributed by atoms with Crippen LogP contribution >= 0.6 is 0 Å². The van der Waals surface area contributed by atoms with E-state index in [1.54, 1.807) is 0 Å². The van der Waals surface area contributed by atoms with Gasteiger partial charge in [-0.2, -0.15) is 0 Å². The summed E-state index contributed by atoms with van der Waals surface area (Å²) in [6.07, 6.45) is 4.45. The average molecular weight is 389 g/mol. The molecule has 2 fully saturated rings. The van der Waals surface area contributed by atoms with E-state index < -0.39 is 0 Å². The first-order valence-corrected chi connectivity index (χ1v) is 10.2. The molecule has 1 aromatic carbocycles. The van der Waals surface area contributed by atoms with E-state index in [0.29, 0.717) is 26.2 Å². The predicted molar refractivity (Wildman–Crippen MR) is 107 cm³/mol. The lowest BCUT2D eigenvalue weighted by Crippen LogP contribution is -2.46. The van der Waals surface area contributed by atoms with Crippen LogP contribution in [0.3, 0.4) is 0 Å². The van der Waals surface area contributed by atoms with Gasteiger partial charge in [0.1, 0.15) is 0 Å². The zero-order valence-electron chi connectivity index (χ0n) is 16.4. The van der Waals surface area contributed by atoms with Crippen molar-refractivity contribution in [3.63, 3.8) is 0 Å². The maximum Gasteiger partial charge on any atom is 0.238 e. The predicted octanol–water partition coefficient (Wildman–Crippen LogP) is 1.79. The van der Waals surface area contributed by atoms with Crippen LogP contribution in [0.4, 0.5) is 5.69 Å². The molecule has 0 bridgehead atoms. The number of carbonyl (C=O) groups excluding carboxylic acids is 2. The van der Waals surface area contributed by atoms with Crippen molar-refractivity contribution in [3.05, 3.63) is 30.3 Å². The Morgan fingerprint density at radius 3 is 2.61 bits per heavy atom. The van der Waals surface area contributed by atoms with Gasteiger partial charge in [-0.05, 0) is 37.8 Å². The molecule has 154 valence electrons. The maximum atomic E-state index is 12.1. The molecule has 2 aliphatic heterocycles. The van der Waals surface area contributed by atoms with Crippen LogP contribution in [0, 0.1) is 0 Å². The third-order valence-electron chi connectivity index (χ3n) is 5.18. The normalized spacial score (nSPS) is 20.8. The molecule has 1 aromatic rings. The topological polar surface area (TPSA) is 79.9 Å². The van der Waals surface area contributed by atoms with Gasteiger partial charge >= 0.3 is 0 Å². The van der Waals surface area contributed by atoms with Crippen LogP contribution in [0.5, 0.6) is 0 Å². The van der Waals surface area contributed by atoms with E-state index in [1.165, 1.54) is 0 Å². The van der Waals surface area contributed by atoms with Gasteiger partial charge in [0.2, 0.25) is 11.8 Å². The number of anilines is 1. The van der Waals surface area contributed by atoms with Crippen LogP contribution < -0.4 is 10.6 Å². The summed E-state index contributed by atoms with van der Waals surface area (Å²) in [5.74, 6) is 0.0321. The molecule has 2 heterocycles. The molecule has 0 aliphatic carbocycles. The lowest BCUT2D eigenvalue weighted by atomic mass is 10.0. The first-order valence-electron chi connectivity index (χ1n) is 10.2. The highest BCUT2D eigenvalue weighted by Crippen LogP contribution is 2.13. The van der Waals surface area contributed by atoms with Gasteiger partial charge in [-0.1, -0.05) is 18.2 Å². The van der Waals surface area contributed by atoms with Gasteiger partial charge in [-0.3, -0.25) is 14.5 Å². The number of likely N-dealkylation sites (tertiary alicyclic amines) is 1. The molecule has 28 heavy (non-hydrogen) atoms. The molecule has 0 saturated carbocycles. The van der Waals surface area contributed by atoms with Crippen molar-refractivity contribution < 1.29 is 19.1 Å². The van der Waals surface area contributed by atoms with Gasteiger partial charge in [-0.25, -0.2) is 0 Å². The van der Waals surface area contributed by atoms with Crippen molar-refractivity contribution in [2.24, 2.45) is 0 Å². The van der Waals surface area contributed by atoms with Gasteiger partial charge in [0.25, 0.3) is 0 Å². The Balaban J connectivity index is 1.25. The first kappa shape index (κ1) is 20.8. The zero-order valence-corrected chi connectivity index (χ0v) is 16.4. The molecule has 2 saturated heterocycles. The van der Waals surface area contributed by atoms with E-state index in [9.17, 15) is 9.59 Å². The quantitative estimate of drug-likeness (QED) is 0.630. The number of benzene rings is 1. The number of nitrogens with one attached hydrogen (secondary N) is 2. The van der Waals surface area contributed by atoms with E-state index in [1.807, 2.05) is 30.3 Å². The molecular weight excluding hydrogens is 358 g/mol. The molecule has 0 aromatic heterocycles. The van der Waals surface area contributed by atoms with Crippen LogP contribution in [0.2, 0.25) is 0 Å². The molecule has 2 aliphatic rings. The summed E-state index contributed by atoms with van der Waals surface area (Å²) in [5, 5.41) is 5.99. The molecule has 2 amide bonds. The molecule has 7 nitrogen and oxygen atoms in total. The van der Waals surface area contributed by atoms with Gasteiger partial charge < -0.3 is 20.1 Å². The number of carbonyl (C=O) groups is 2. The van der Waals surface area contributed by atoms with E-state index in [0.717, 1.165) is 51.1 Å². The second-order valence-electron chi connectivity index (χ2n) is 7.49. The van der Waals surface area contributed by atoms with Crippen molar-refractivity contribution in [1.82, 2.24) is 10.2 Å². The molecule has 0 radical (unpaired) electrons. The van der Waals surface area contributed by atoms with E-state index in [-0.39, 0.29) is 24.0 Å². The summed E-state index contributed by atoms with van der Waals surface area (Å²) in [6.45, 7) is 3.83. The monoisotopic (exact) mass is 389 g/mol. The zero-order chi connectivity index (χ0) is 19.6. The van der Waals surface area contributed by atoms with Crippen LogP contribution in [-0.4, -0.2) is 68.3 Å². The highest BCUT2D eigenvalue weighted by molar-refractivity contribution is 5.92. The number of piperidine rings is 1. The fourth-order valence-corrected chi connectivity index (χ4v) is 3.62. The standard InChI is InChI=1S/C21H31N3O4/c25-20(10-14-27-16-19-7-4-13-28-19)22-18-8-11-24(12-9-18)15-21(26)23-17-5-2-1-3-6-17/h1-3,5-6,18-19H,4,7-16H2,(H,22,25)(H,23,26). The summed E-state index contributed by atoms with van der Waals surface area (Å²) in [7, 11) is 0. The first-order chi connectivity index (χ1) is 13.7. The highest BCUT2D eigenvalue weighted by atomic mass is 16.5. The van der Waals surface area contributed by atoms with Crippen molar-refractivity contribution in [1.29, 1.82) is 0 Å². The van der Waals surface area contributed by atoms with Crippen molar-refractivity contribution >= 4 is 17.5 Å². The molecule has 0 spiro atoms. The largest absolute Gasteiger partial charge is 0.378 e. The Hall–Kier alpha value is -1.96. The van der Waals surface area contributed by atoms with Crippen LogP contribution in [0.15, 0.2) is 30.3 Å². The summed E-state index contributed by atoms with van der Waals surface area (Å²) in [6, 6.07) is 9.66. The Morgan fingerprint density at radius 2 is 1.89 bits per heavy atom. The van der Waals surface area contributed by atoms with Crippen molar-refractivity contribution in [3.8, 4) is 0 Å². The number of hydrogen-bond acceptors (Lipinski definition) is 5. The molecule has 1 atom stereocenters. The van der Waals surface area contributed by atoms with Gasteiger partial charge in [-0.15, -0.1) is 0 Å². The molecule has 3 rings (SSSR count). The average Bonchev–Trinajstić information content (AvgIpc) is 3.21. The van der Waals surface area contributed by atoms with E-state index >= 15 is 0 Å². The van der Waals surface area contributed by atoms with Gasteiger partial charge in [0.05, 0.1) is 25.9 Å². The maximum absolute atomic E-state index is 12.1. The fraction of sp³-hybridized carbons (Fsp3) is 0.619. The number of amides is 2. The summed E-state index contributed by atoms with van der Waals surface area (Å²) < 4.78 is 11.0. The molecule has 2 N–H and O–H groups in total. The molecular formula is C21H31N3O4. The second kappa shape index (κ2) is 11.1. The van der Waals surface area contributed by atoms with Gasteiger partial charge in [0.15, 0.2) is 0 Å². The van der Waals surface area contributed by atoms with E-state index in [4.69, 9.17) is 9.47 Å². The molecule has 7 heteroatoms. The van der Waals surface area contributed by atoms with Crippen LogP contribution in [0.1, 0.15) is 32.1 Å². The minimum absolute atomic E-state index is 0.00271. The number of hydrogen-bond donors (Lipinski definition) is 2. The Kier molecular flexibility index (Phi) is 8.26. The van der Waals surface area contributed by atoms with Gasteiger partial charge in [0, 0.05) is 37.8 Å². The SMILES string of the molecule is O=C(CN1CCC(NC(=O)CCOCC2CCCO2)CC1)Nc1ccccc1. The smallest absolute Gasteiger partial charge is 0.238 e. The Labute approximate surface area is 166 Å². The van der Waals surface area contributed by atoms with E-state index in [2.05, 4.69) is 15.5 Å². The molecule has 1 unspecified atom stereocenters. The summed E-state index contributed by atoms with van der Waals surface area (Å²) in [4.78, 5) is 26.3. The summed E-state index contributed by atoms with van der Waals surface area (Å²) >= 11 is 0. The number of nitrogens with zero attached hydrogens (tertiary/aromatic N) is 1. The minimum atomic E-state index is -0.00271. The second-order valence-corrected chi connectivity index (χ2v) is 7.49. The highest BCUT2D eigenvalue weighted by Gasteiger charge is 2.22. The Bertz CT molecular complexity index is 611. The lowest BCUT2D eigenvalue weighted by Gasteiger charge is -2.31. The van der Waals surface area contributed by atoms with Crippen LogP contribution in [-0.2, 0) is 19.1 Å². The Morgan fingerprint density at radius 1 is 1.11 bits per heavy atom. The third-order valence-corrected chi connectivity index (χ3v) is 5.18.